The lowest BCUT2D eigenvalue weighted by Crippen LogP contribution is -2.21. The van der Waals surface area contributed by atoms with E-state index in [4.69, 9.17) is 4.98 Å². The van der Waals surface area contributed by atoms with Crippen LogP contribution >= 0.6 is 27.3 Å². The highest BCUT2D eigenvalue weighted by Gasteiger charge is 2.07. The van der Waals surface area contributed by atoms with E-state index in [0.29, 0.717) is 0 Å². The first-order chi connectivity index (χ1) is 14.2. The zero-order valence-electron chi connectivity index (χ0n) is 16.3. The molecule has 5 nitrogen and oxygen atoms in total. The SMILES string of the molecule is CCN(CC)c1ccc(Nc2nc(-c3ccc(-n4cnc(Br)c4)cc3)cs2)cc1. The van der Waals surface area contributed by atoms with Gasteiger partial charge in [-0.1, -0.05) is 12.1 Å². The largest absolute Gasteiger partial charge is 0.372 e. The highest BCUT2D eigenvalue weighted by atomic mass is 79.9. The third-order valence-corrected chi connectivity index (χ3v) is 5.93. The zero-order valence-corrected chi connectivity index (χ0v) is 18.7. The van der Waals surface area contributed by atoms with Crippen molar-refractivity contribution in [3.05, 3.63) is 71.0 Å². The Hall–Kier alpha value is -2.64. The van der Waals surface area contributed by atoms with Gasteiger partial charge >= 0.3 is 0 Å². The van der Waals surface area contributed by atoms with Gasteiger partial charge in [0.25, 0.3) is 0 Å². The van der Waals surface area contributed by atoms with Crippen LogP contribution in [0.25, 0.3) is 16.9 Å². The summed E-state index contributed by atoms with van der Waals surface area (Å²) in [6, 6.07) is 16.8. The first-order valence-corrected chi connectivity index (χ1v) is 11.2. The maximum absolute atomic E-state index is 4.74. The van der Waals surface area contributed by atoms with E-state index < -0.39 is 0 Å². The number of halogens is 1. The molecule has 4 aromatic rings. The molecule has 0 aliphatic carbocycles. The number of anilines is 3. The molecule has 4 rings (SSSR count). The molecule has 2 heterocycles. The second-order valence-corrected chi connectivity index (χ2v) is 8.20. The summed E-state index contributed by atoms with van der Waals surface area (Å²) in [5.41, 5.74) is 5.41. The molecule has 0 aliphatic rings. The third-order valence-electron chi connectivity index (χ3n) is 4.76. The van der Waals surface area contributed by atoms with Crippen LogP contribution < -0.4 is 10.2 Å². The minimum Gasteiger partial charge on any atom is -0.372 e. The predicted molar refractivity (Wildman–Crippen MR) is 126 cm³/mol. The fraction of sp³-hybridized carbons (Fsp3) is 0.182. The van der Waals surface area contributed by atoms with E-state index in [2.05, 4.69) is 98.9 Å². The fourth-order valence-corrected chi connectivity index (χ4v) is 4.23. The van der Waals surface area contributed by atoms with Gasteiger partial charge in [-0.25, -0.2) is 9.97 Å². The van der Waals surface area contributed by atoms with Gasteiger partial charge in [0, 0.05) is 47.3 Å². The number of hydrogen-bond donors (Lipinski definition) is 1. The van der Waals surface area contributed by atoms with Gasteiger partial charge in [-0.05, 0) is 66.2 Å². The molecule has 0 bridgehead atoms. The van der Waals surface area contributed by atoms with Crippen molar-refractivity contribution in [2.45, 2.75) is 13.8 Å². The molecule has 0 unspecified atom stereocenters. The molecule has 0 saturated heterocycles. The Morgan fingerprint density at radius 3 is 2.38 bits per heavy atom. The van der Waals surface area contributed by atoms with Crippen molar-refractivity contribution in [2.75, 3.05) is 23.3 Å². The Morgan fingerprint density at radius 2 is 1.76 bits per heavy atom. The maximum Gasteiger partial charge on any atom is 0.187 e. The predicted octanol–water partition coefficient (Wildman–Crippen LogP) is 6.35. The van der Waals surface area contributed by atoms with Gasteiger partial charge in [-0.2, -0.15) is 0 Å². The Labute approximate surface area is 183 Å². The smallest absolute Gasteiger partial charge is 0.187 e. The van der Waals surface area contributed by atoms with Crippen LogP contribution in [-0.4, -0.2) is 27.6 Å². The van der Waals surface area contributed by atoms with Gasteiger partial charge in [0.1, 0.15) is 10.9 Å². The second-order valence-electron chi connectivity index (χ2n) is 6.53. The van der Waals surface area contributed by atoms with Gasteiger partial charge in [-0.15, -0.1) is 11.3 Å². The maximum atomic E-state index is 4.74. The molecule has 2 aromatic heterocycles. The Bertz CT molecular complexity index is 1070. The standard InChI is InChI=1S/C22H22BrN5S/c1-3-27(4-2)18-11-7-17(8-12-18)25-22-26-20(14-29-22)16-5-9-19(10-6-16)28-13-21(23)24-15-28/h5-15H,3-4H2,1-2H3,(H,25,26). The van der Waals surface area contributed by atoms with Crippen molar-refractivity contribution < 1.29 is 0 Å². The molecule has 0 aliphatic heterocycles. The van der Waals surface area contributed by atoms with E-state index >= 15 is 0 Å². The van der Waals surface area contributed by atoms with Gasteiger partial charge in [0.05, 0.1) is 5.69 Å². The Kier molecular flexibility index (Phi) is 5.97. The van der Waals surface area contributed by atoms with Crippen LogP contribution in [-0.2, 0) is 0 Å². The van der Waals surface area contributed by atoms with Gasteiger partial charge in [0.2, 0.25) is 0 Å². The zero-order chi connectivity index (χ0) is 20.2. The first kappa shape index (κ1) is 19.7. The molecule has 7 heteroatoms. The number of nitrogens with one attached hydrogen (secondary N) is 1. The van der Waals surface area contributed by atoms with Crippen molar-refractivity contribution in [1.29, 1.82) is 0 Å². The van der Waals surface area contributed by atoms with E-state index in [1.54, 1.807) is 17.7 Å². The number of benzene rings is 2. The average Bonchev–Trinajstić information content (AvgIpc) is 3.39. The summed E-state index contributed by atoms with van der Waals surface area (Å²) in [4.78, 5) is 11.3. The van der Waals surface area contributed by atoms with Crippen molar-refractivity contribution in [2.24, 2.45) is 0 Å². The molecule has 2 aromatic carbocycles. The molecule has 0 amide bonds. The number of hydrogen-bond acceptors (Lipinski definition) is 5. The van der Waals surface area contributed by atoms with E-state index in [1.807, 2.05) is 10.8 Å². The molecule has 1 N–H and O–H groups in total. The Morgan fingerprint density at radius 1 is 1.03 bits per heavy atom. The molecule has 0 atom stereocenters. The van der Waals surface area contributed by atoms with Crippen LogP contribution in [0.1, 0.15) is 13.8 Å². The van der Waals surface area contributed by atoms with Crippen molar-refractivity contribution >= 4 is 43.8 Å². The molecule has 0 saturated carbocycles. The molecule has 0 radical (unpaired) electrons. The molecule has 0 fully saturated rings. The lowest BCUT2D eigenvalue weighted by molar-refractivity contribution is 0.866. The average molecular weight is 468 g/mol. The van der Waals surface area contributed by atoms with Crippen molar-refractivity contribution in [1.82, 2.24) is 14.5 Å². The molecular formula is C22H22BrN5S. The minimum atomic E-state index is 0.821. The summed E-state index contributed by atoms with van der Waals surface area (Å²) in [5, 5.41) is 6.37. The van der Waals surface area contributed by atoms with Crippen LogP contribution in [0.5, 0.6) is 0 Å². The number of thiazole rings is 1. The van der Waals surface area contributed by atoms with E-state index in [1.165, 1.54) is 5.69 Å². The summed E-state index contributed by atoms with van der Waals surface area (Å²) in [5.74, 6) is 0. The van der Waals surface area contributed by atoms with Crippen LogP contribution in [0.2, 0.25) is 0 Å². The molecular weight excluding hydrogens is 446 g/mol. The second kappa shape index (κ2) is 8.80. The summed E-state index contributed by atoms with van der Waals surface area (Å²) in [6.07, 6.45) is 3.72. The van der Waals surface area contributed by atoms with E-state index in [0.717, 1.165) is 45.5 Å². The lowest BCUT2D eigenvalue weighted by atomic mass is 10.1. The molecule has 148 valence electrons. The van der Waals surface area contributed by atoms with E-state index in [-0.39, 0.29) is 0 Å². The van der Waals surface area contributed by atoms with Gasteiger partial charge < -0.3 is 14.8 Å². The Balaban J connectivity index is 1.45. The fourth-order valence-electron chi connectivity index (χ4n) is 3.18. The quantitative estimate of drug-likeness (QED) is 0.344. The van der Waals surface area contributed by atoms with Crippen molar-refractivity contribution in [3.63, 3.8) is 0 Å². The van der Waals surface area contributed by atoms with Crippen LogP contribution in [0.4, 0.5) is 16.5 Å². The number of imidazole rings is 1. The van der Waals surface area contributed by atoms with Gasteiger partial charge in [0.15, 0.2) is 5.13 Å². The summed E-state index contributed by atoms with van der Waals surface area (Å²) in [6.45, 7) is 6.37. The highest BCUT2D eigenvalue weighted by Crippen LogP contribution is 2.28. The lowest BCUT2D eigenvalue weighted by Gasteiger charge is -2.21. The molecule has 29 heavy (non-hydrogen) atoms. The van der Waals surface area contributed by atoms with Gasteiger partial charge in [-0.3, -0.25) is 0 Å². The minimum absolute atomic E-state index is 0.821. The molecule has 0 spiro atoms. The number of aromatic nitrogens is 3. The third kappa shape index (κ3) is 4.52. The van der Waals surface area contributed by atoms with Crippen LogP contribution in [0.15, 0.2) is 71.0 Å². The number of nitrogens with zero attached hydrogens (tertiary/aromatic N) is 4. The monoisotopic (exact) mass is 467 g/mol. The van der Waals surface area contributed by atoms with Crippen LogP contribution in [0, 0.1) is 0 Å². The summed E-state index contributed by atoms with van der Waals surface area (Å²) < 4.78 is 2.80. The topological polar surface area (TPSA) is 46.0 Å². The first-order valence-electron chi connectivity index (χ1n) is 9.54. The normalized spacial score (nSPS) is 10.9. The van der Waals surface area contributed by atoms with E-state index in [9.17, 15) is 0 Å². The van der Waals surface area contributed by atoms with Crippen LogP contribution in [0.3, 0.4) is 0 Å². The summed E-state index contributed by atoms with van der Waals surface area (Å²) in [7, 11) is 0. The van der Waals surface area contributed by atoms with Crippen molar-refractivity contribution in [3.8, 4) is 16.9 Å². The number of rotatable bonds is 7. The summed E-state index contributed by atoms with van der Waals surface area (Å²) >= 11 is 4.99. The highest BCUT2D eigenvalue weighted by molar-refractivity contribution is 9.10.